The molecule has 0 bridgehead atoms. The van der Waals surface area contributed by atoms with Gasteiger partial charge in [-0.3, -0.25) is 4.79 Å². The minimum Gasteiger partial charge on any atom is -0.504 e. The first-order valence-electron chi connectivity index (χ1n) is 7.69. The second kappa shape index (κ2) is 6.57. The normalized spacial score (nSPS) is 15.5. The van der Waals surface area contributed by atoms with Crippen molar-refractivity contribution in [3.05, 3.63) is 65.7 Å². The Hall–Kier alpha value is -2.75. The Morgan fingerprint density at radius 3 is 2.48 bits per heavy atom. The van der Waals surface area contributed by atoms with Gasteiger partial charge in [0.25, 0.3) is 0 Å². The van der Waals surface area contributed by atoms with E-state index in [2.05, 4.69) is 5.32 Å². The third-order valence-electron chi connectivity index (χ3n) is 3.98. The van der Waals surface area contributed by atoms with Crippen LogP contribution < -0.4 is 5.32 Å². The second-order valence-corrected chi connectivity index (χ2v) is 5.82. The molecule has 2 aromatic rings. The van der Waals surface area contributed by atoms with Crippen molar-refractivity contribution < 1.29 is 15.0 Å². The van der Waals surface area contributed by atoms with E-state index in [-0.39, 0.29) is 23.4 Å². The molecule has 0 saturated heterocycles. The smallest absolute Gasteiger partial charge is 0.244 e. The van der Waals surface area contributed by atoms with Crippen LogP contribution in [0.4, 0.5) is 0 Å². The Morgan fingerprint density at radius 1 is 1.09 bits per heavy atom. The van der Waals surface area contributed by atoms with Gasteiger partial charge >= 0.3 is 0 Å². The molecule has 1 amide bonds. The van der Waals surface area contributed by atoms with Crippen LogP contribution in [0, 0.1) is 5.92 Å². The van der Waals surface area contributed by atoms with Gasteiger partial charge in [0.15, 0.2) is 11.5 Å². The van der Waals surface area contributed by atoms with Crippen molar-refractivity contribution >= 4 is 12.0 Å². The summed E-state index contributed by atoms with van der Waals surface area (Å²) in [6.07, 6.45) is 5.33. The zero-order chi connectivity index (χ0) is 16.2. The molecule has 23 heavy (non-hydrogen) atoms. The number of carbonyl (C=O) groups excluding carboxylic acids is 1. The Bertz CT molecular complexity index is 721. The molecule has 1 aliphatic rings. The monoisotopic (exact) mass is 309 g/mol. The number of rotatable bonds is 5. The first-order chi connectivity index (χ1) is 11.1. The Morgan fingerprint density at radius 2 is 1.83 bits per heavy atom. The summed E-state index contributed by atoms with van der Waals surface area (Å²) in [7, 11) is 0. The lowest BCUT2D eigenvalue weighted by molar-refractivity contribution is -0.117. The highest BCUT2D eigenvalue weighted by molar-refractivity contribution is 5.92. The molecular formula is C19H19NO3. The zero-order valence-electron chi connectivity index (χ0n) is 12.6. The zero-order valence-corrected chi connectivity index (χ0v) is 12.6. The molecule has 0 aromatic heterocycles. The van der Waals surface area contributed by atoms with Gasteiger partial charge in [0.05, 0.1) is 6.04 Å². The molecule has 1 atom stereocenters. The number of carbonyl (C=O) groups is 1. The Labute approximate surface area is 135 Å². The third kappa shape index (κ3) is 3.92. The van der Waals surface area contributed by atoms with E-state index in [1.54, 1.807) is 12.1 Å². The molecule has 0 heterocycles. The molecule has 1 saturated carbocycles. The van der Waals surface area contributed by atoms with E-state index in [0.29, 0.717) is 11.5 Å². The molecule has 0 aliphatic heterocycles. The molecule has 0 radical (unpaired) electrons. The van der Waals surface area contributed by atoms with Crippen molar-refractivity contribution in [1.82, 2.24) is 5.32 Å². The lowest BCUT2D eigenvalue weighted by Gasteiger charge is -2.17. The van der Waals surface area contributed by atoms with E-state index in [1.165, 1.54) is 18.2 Å². The lowest BCUT2D eigenvalue weighted by Crippen LogP contribution is -2.28. The van der Waals surface area contributed by atoms with Gasteiger partial charge in [-0.15, -0.1) is 0 Å². The van der Waals surface area contributed by atoms with Crippen LogP contribution in [0.2, 0.25) is 0 Å². The van der Waals surface area contributed by atoms with Crippen LogP contribution in [0.25, 0.3) is 6.08 Å². The summed E-state index contributed by atoms with van der Waals surface area (Å²) in [5.41, 5.74) is 1.78. The van der Waals surface area contributed by atoms with Gasteiger partial charge in [-0.2, -0.15) is 0 Å². The minimum absolute atomic E-state index is 0.0431. The summed E-state index contributed by atoms with van der Waals surface area (Å²) in [6.45, 7) is 0. The van der Waals surface area contributed by atoms with Crippen molar-refractivity contribution in [2.24, 2.45) is 5.92 Å². The second-order valence-electron chi connectivity index (χ2n) is 5.82. The SMILES string of the molecule is O=C(C=Cc1ccc(O)c(O)c1)NC(c1ccccc1)C1CC1. The summed E-state index contributed by atoms with van der Waals surface area (Å²) in [5.74, 6) is -0.0389. The Kier molecular flexibility index (Phi) is 4.33. The maximum atomic E-state index is 12.2. The molecule has 4 heteroatoms. The third-order valence-corrected chi connectivity index (χ3v) is 3.98. The quantitative estimate of drug-likeness (QED) is 0.586. The molecule has 3 rings (SSSR count). The van der Waals surface area contributed by atoms with Crippen LogP contribution in [0.15, 0.2) is 54.6 Å². The fourth-order valence-electron chi connectivity index (χ4n) is 2.58. The number of hydrogen-bond donors (Lipinski definition) is 3. The van der Waals surface area contributed by atoms with Crippen LogP contribution in [-0.2, 0) is 4.79 Å². The summed E-state index contributed by atoms with van der Waals surface area (Å²) in [6, 6.07) is 14.5. The van der Waals surface area contributed by atoms with Crippen LogP contribution in [0.3, 0.4) is 0 Å². The van der Waals surface area contributed by atoms with Crippen molar-refractivity contribution in [3.63, 3.8) is 0 Å². The van der Waals surface area contributed by atoms with E-state index in [0.717, 1.165) is 18.4 Å². The maximum absolute atomic E-state index is 12.2. The topological polar surface area (TPSA) is 69.6 Å². The Balaban J connectivity index is 1.67. The minimum atomic E-state index is -0.201. The van der Waals surface area contributed by atoms with E-state index in [9.17, 15) is 15.0 Å². The van der Waals surface area contributed by atoms with E-state index >= 15 is 0 Å². The number of phenolic OH excluding ortho intramolecular Hbond substituents is 2. The molecule has 118 valence electrons. The lowest BCUT2D eigenvalue weighted by atomic mass is 10.0. The van der Waals surface area contributed by atoms with Gasteiger partial charge in [-0.25, -0.2) is 0 Å². The first-order valence-corrected chi connectivity index (χ1v) is 7.69. The molecule has 0 spiro atoms. The predicted octanol–water partition coefficient (Wildman–Crippen LogP) is 3.38. The molecular weight excluding hydrogens is 290 g/mol. The van der Waals surface area contributed by atoms with Gasteiger partial charge in [-0.05, 0) is 48.1 Å². The number of hydrogen-bond acceptors (Lipinski definition) is 3. The number of nitrogens with one attached hydrogen (secondary N) is 1. The predicted molar refractivity (Wildman–Crippen MR) is 88.9 cm³/mol. The number of aromatic hydroxyl groups is 2. The molecule has 4 nitrogen and oxygen atoms in total. The molecule has 3 N–H and O–H groups in total. The fourth-order valence-corrected chi connectivity index (χ4v) is 2.58. The van der Waals surface area contributed by atoms with E-state index < -0.39 is 0 Å². The maximum Gasteiger partial charge on any atom is 0.244 e. The number of phenols is 2. The van der Waals surface area contributed by atoms with E-state index in [1.807, 2.05) is 30.3 Å². The van der Waals surface area contributed by atoms with Gasteiger partial charge < -0.3 is 15.5 Å². The summed E-state index contributed by atoms with van der Waals surface area (Å²) in [4.78, 5) is 12.2. The first kappa shape index (κ1) is 15.2. The molecule has 1 unspecified atom stereocenters. The van der Waals surface area contributed by atoms with Gasteiger partial charge in [-0.1, -0.05) is 36.4 Å². The van der Waals surface area contributed by atoms with Gasteiger partial charge in [0.2, 0.25) is 5.91 Å². The van der Waals surface area contributed by atoms with Gasteiger partial charge in [0.1, 0.15) is 0 Å². The highest BCUT2D eigenvalue weighted by atomic mass is 16.3. The average Bonchev–Trinajstić information content (AvgIpc) is 3.39. The van der Waals surface area contributed by atoms with Crippen LogP contribution in [-0.4, -0.2) is 16.1 Å². The molecule has 1 aliphatic carbocycles. The highest BCUT2D eigenvalue weighted by Gasteiger charge is 2.32. The highest BCUT2D eigenvalue weighted by Crippen LogP contribution is 2.40. The number of benzene rings is 2. The van der Waals surface area contributed by atoms with E-state index in [4.69, 9.17) is 0 Å². The largest absolute Gasteiger partial charge is 0.504 e. The molecule has 1 fully saturated rings. The number of amides is 1. The van der Waals surface area contributed by atoms with Gasteiger partial charge in [0, 0.05) is 6.08 Å². The van der Waals surface area contributed by atoms with Crippen LogP contribution in [0.1, 0.15) is 30.0 Å². The fraction of sp³-hybridized carbons (Fsp3) is 0.211. The van der Waals surface area contributed by atoms with Crippen LogP contribution in [0.5, 0.6) is 11.5 Å². The van der Waals surface area contributed by atoms with Crippen molar-refractivity contribution in [2.75, 3.05) is 0 Å². The van der Waals surface area contributed by atoms with Crippen molar-refractivity contribution in [2.45, 2.75) is 18.9 Å². The van der Waals surface area contributed by atoms with Crippen molar-refractivity contribution in [1.29, 1.82) is 0 Å². The van der Waals surface area contributed by atoms with Crippen LogP contribution >= 0.6 is 0 Å². The summed E-state index contributed by atoms with van der Waals surface area (Å²) in [5, 5.41) is 21.8. The molecule has 2 aromatic carbocycles. The standard InChI is InChI=1S/C19H19NO3/c21-16-10-6-13(12-17(16)22)7-11-18(23)20-19(15-8-9-15)14-4-2-1-3-5-14/h1-7,10-12,15,19,21-22H,8-9H2,(H,20,23). The summed E-state index contributed by atoms with van der Waals surface area (Å²) >= 11 is 0. The summed E-state index contributed by atoms with van der Waals surface area (Å²) < 4.78 is 0. The van der Waals surface area contributed by atoms with Crippen molar-refractivity contribution in [3.8, 4) is 11.5 Å². The average molecular weight is 309 g/mol.